The Bertz CT molecular complexity index is 401. The third-order valence-electron chi connectivity index (χ3n) is 3.54. The zero-order chi connectivity index (χ0) is 16.0. The molecule has 0 unspecified atom stereocenters. The first-order chi connectivity index (χ1) is 10.8. The Kier molecular flexibility index (Phi) is 10.0. The highest BCUT2D eigenvalue weighted by Crippen LogP contribution is 1.94. The summed E-state index contributed by atoms with van der Waals surface area (Å²) in [6.45, 7) is 12.4. The highest BCUT2D eigenvalue weighted by molar-refractivity contribution is 5.79. The number of aliphatic imine (C=N–C) groups is 1. The van der Waals surface area contributed by atoms with Crippen LogP contribution >= 0.6 is 0 Å². The van der Waals surface area contributed by atoms with Crippen LogP contribution in [0.3, 0.4) is 0 Å². The Balaban J connectivity index is 2.29. The maximum Gasteiger partial charge on any atom is 0.191 e. The van der Waals surface area contributed by atoms with Crippen LogP contribution in [0.2, 0.25) is 0 Å². The van der Waals surface area contributed by atoms with E-state index in [1.807, 2.05) is 18.3 Å². The van der Waals surface area contributed by atoms with Crippen LogP contribution in [0.4, 0.5) is 0 Å². The van der Waals surface area contributed by atoms with E-state index < -0.39 is 0 Å². The summed E-state index contributed by atoms with van der Waals surface area (Å²) in [5, 5.41) is 6.66. The molecule has 0 aliphatic carbocycles. The molecule has 0 aromatic carbocycles. The van der Waals surface area contributed by atoms with Crippen molar-refractivity contribution in [2.75, 3.05) is 39.3 Å². The van der Waals surface area contributed by atoms with Crippen molar-refractivity contribution in [2.24, 2.45) is 4.99 Å². The van der Waals surface area contributed by atoms with Gasteiger partial charge in [0.2, 0.25) is 0 Å². The minimum Gasteiger partial charge on any atom is -0.357 e. The molecule has 1 rings (SSSR count). The second kappa shape index (κ2) is 12.0. The standard InChI is InChI=1S/C17H31N5/c1-4-18-17(20-13-9-15-22(5-2)6-3)21-14-11-16-10-7-8-12-19-16/h7-8,10,12H,4-6,9,11,13-15H2,1-3H3,(H2,18,20,21). The van der Waals surface area contributed by atoms with E-state index in [1.165, 1.54) is 0 Å². The van der Waals surface area contributed by atoms with Gasteiger partial charge in [0.25, 0.3) is 0 Å². The largest absolute Gasteiger partial charge is 0.357 e. The molecule has 5 heteroatoms. The molecule has 5 nitrogen and oxygen atoms in total. The molecule has 0 saturated heterocycles. The molecular formula is C17H31N5. The summed E-state index contributed by atoms with van der Waals surface area (Å²) in [4.78, 5) is 11.4. The van der Waals surface area contributed by atoms with Gasteiger partial charge in [-0.05, 0) is 45.1 Å². The molecule has 1 aromatic heterocycles. The predicted octanol–water partition coefficient (Wildman–Crippen LogP) is 1.91. The lowest BCUT2D eigenvalue weighted by Gasteiger charge is -2.17. The van der Waals surface area contributed by atoms with Crippen molar-refractivity contribution < 1.29 is 0 Å². The third kappa shape index (κ3) is 7.98. The van der Waals surface area contributed by atoms with E-state index in [1.54, 1.807) is 0 Å². The Morgan fingerprint density at radius 1 is 1.18 bits per heavy atom. The fourth-order valence-electron chi connectivity index (χ4n) is 2.22. The van der Waals surface area contributed by atoms with E-state index in [9.17, 15) is 0 Å². The molecule has 0 amide bonds. The average Bonchev–Trinajstić information content (AvgIpc) is 2.56. The van der Waals surface area contributed by atoms with E-state index in [-0.39, 0.29) is 0 Å². The van der Waals surface area contributed by atoms with Gasteiger partial charge in [0.1, 0.15) is 0 Å². The maximum absolute atomic E-state index is 4.63. The van der Waals surface area contributed by atoms with Gasteiger partial charge in [-0.15, -0.1) is 0 Å². The molecule has 0 bridgehead atoms. The first-order valence-electron chi connectivity index (χ1n) is 8.44. The zero-order valence-electron chi connectivity index (χ0n) is 14.3. The molecule has 0 radical (unpaired) electrons. The molecule has 1 heterocycles. The summed E-state index contributed by atoms with van der Waals surface area (Å²) in [5.74, 6) is 0.901. The molecular weight excluding hydrogens is 274 g/mol. The first kappa shape index (κ1) is 18.4. The SMILES string of the molecule is CCNC(=NCCCN(CC)CC)NCCc1ccccn1. The summed E-state index contributed by atoms with van der Waals surface area (Å²) in [6, 6.07) is 6.02. The van der Waals surface area contributed by atoms with Gasteiger partial charge in [0.05, 0.1) is 0 Å². The second-order valence-corrected chi connectivity index (χ2v) is 5.14. The predicted molar refractivity (Wildman–Crippen MR) is 94.3 cm³/mol. The van der Waals surface area contributed by atoms with E-state index in [4.69, 9.17) is 0 Å². The summed E-state index contributed by atoms with van der Waals surface area (Å²) >= 11 is 0. The van der Waals surface area contributed by atoms with Crippen LogP contribution in [-0.2, 0) is 6.42 Å². The Hall–Kier alpha value is -1.62. The van der Waals surface area contributed by atoms with E-state index >= 15 is 0 Å². The summed E-state index contributed by atoms with van der Waals surface area (Å²) in [5.41, 5.74) is 1.10. The van der Waals surface area contributed by atoms with Crippen molar-refractivity contribution in [3.8, 4) is 0 Å². The molecule has 0 aliphatic heterocycles. The van der Waals surface area contributed by atoms with Crippen LogP contribution in [0.5, 0.6) is 0 Å². The van der Waals surface area contributed by atoms with Crippen LogP contribution in [0.1, 0.15) is 32.9 Å². The van der Waals surface area contributed by atoms with Gasteiger partial charge >= 0.3 is 0 Å². The van der Waals surface area contributed by atoms with Gasteiger partial charge in [0, 0.05) is 37.9 Å². The number of rotatable bonds is 10. The lowest BCUT2D eigenvalue weighted by atomic mass is 10.3. The number of nitrogens with zero attached hydrogens (tertiary/aromatic N) is 3. The van der Waals surface area contributed by atoms with Gasteiger partial charge in [-0.2, -0.15) is 0 Å². The molecule has 1 aromatic rings. The highest BCUT2D eigenvalue weighted by Gasteiger charge is 2.00. The molecule has 0 saturated carbocycles. The first-order valence-corrected chi connectivity index (χ1v) is 8.44. The fourth-order valence-corrected chi connectivity index (χ4v) is 2.22. The van der Waals surface area contributed by atoms with E-state index in [0.717, 1.165) is 63.8 Å². The van der Waals surface area contributed by atoms with Crippen molar-refractivity contribution in [1.82, 2.24) is 20.5 Å². The van der Waals surface area contributed by atoms with Crippen LogP contribution in [-0.4, -0.2) is 55.1 Å². The van der Waals surface area contributed by atoms with E-state index in [0.29, 0.717) is 0 Å². The van der Waals surface area contributed by atoms with Crippen molar-refractivity contribution in [3.63, 3.8) is 0 Å². The molecule has 0 aliphatic rings. The minimum atomic E-state index is 0.846. The summed E-state index contributed by atoms with van der Waals surface area (Å²) in [7, 11) is 0. The van der Waals surface area contributed by atoms with Crippen LogP contribution < -0.4 is 10.6 Å². The Morgan fingerprint density at radius 2 is 2.00 bits per heavy atom. The third-order valence-corrected chi connectivity index (χ3v) is 3.54. The topological polar surface area (TPSA) is 52.6 Å². The second-order valence-electron chi connectivity index (χ2n) is 5.14. The molecule has 124 valence electrons. The van der Waals surface area contributed by atoms with Gasteiger partial charge in [-0.3, -0.25) is 9.98 Å². The van der Waals surface area contributed by atoms with Crippen molar-refractivity contribution >= 4 is 5.96 Å². The summed E-state index contributed by atoms with van der Waals surface area (Å²) in [6.07, 6.45) is 3.84. The Morgan fingerprint density at radius 3 is 2.64 bits per heavy atom. The molecule has 0 atom stereocenters. The number of nitrogens with one attached hydrogen (secondary N) is 2. The maximum atomic E-state index is 4.63. The number of hydrogen-bond acceptors (Lipinski definition) is 3. The van der Waals surface area contributed by atoms with Crippen molar-refractivity contribution in [2.45, 2.75) is 33.6 Å². The van der Waals surface area contributed by atoms with Crippen LogP contribution in [0.15, 0.2) is 29.4 Å². The molecule has 0 fully saturated rings. The number of guanidine groups is 1. The smallest absolute Gasteiger partial charge is 0.191 e. The lowest BCUT2D eigenvalue weighted by molar-refractivity contribution is 0.302. The molecule has 22 heavy (non-hydrogen) atoms. The normalized spacial score (nSPS) is 11.7. The van der Waals surface area contributed by atoms with Crippen molar-refractivity contribution in [1.29, 1.82) is 0 Å². The van der Waals surface area contributed by atoms with Gasteiger partial charge < -0.3 is 15.5 Å². The van der Waals surface area contributed by atoms with Crippen LogP contribution in [0, 0.1) is 0 Å². The number of hydrogen-bond donors (Lipinski definition) is 2. The van der Waals surface area contributed by atoms with Gasteiger partial charge in [-0.1, -0.05) is 19.9 Å². The quantitative estimate of drug-likeness (QED) is 0.394. The fraction of sp³-hybridized carbons (Fsp3) is 0.647. The van der Waals surface area contributed by atoms with Gasteiger partial charge in [-0.25, -0.2) is 0 Å². The van der Waals surface area contributed by atoms with Crippen LogP contribution in [0.25, 0.3) is 0 Å². The monoisotopic (exact) mass is 305 g/mol. The molecule has 0 spiro atoms. The minimum absolute atomic E-state index is 0.846. The lowest BCUT2D eigenvalue weighted by Crippen LogP contribution is -2.38. The van der Waals surface area contributed by atoms with Crippen molar-refractivity contribution in [3.05, 3.63) is 30.1 Å². The highest BCUT2D eigenvalue weighted by atomic mass is 15.2. The average molecular weight is 305 g/mol. The number of pyridine rings is 1. The van der Waals surface area contributed by atoms with Gasteiger partial charge in [0.15, 0.2) is 5.96 Å². The Labute approximate surface area is 135 Å². The van der Waals surface area contributed by atoms with E-state index in [2.05, 4.69) is 52.3 Å². The number of aromatic nitrogens is 1. The molecule has 2 N–H and O–H groups in total. The summed E-state index contributed by atoms with van der Waals surface area (Å²) < 4.78 is 0. The zero-order valence-corrected chi connectivity index (χ0v) is 14.3.